The summed E-state index contributed by atoms with van der Waals surface area (Å²) in [5, 5.41) is 0.414. The predicted molar refractivity (Wildman–Crippen MR) is 70.6 cm³/mol. The molecule has 1 saturated carbocycles. The van der Waals surface area contributed by atoms with Crippen LogP contribution in [0.25, 0.3) is 0 Å². The molecule has 1 spiro atoms. The minimum Gasteiger partial charge on any atom is -0.370 e. The number of hydrogen-bond donors (Lipinski definition) is 0. The smallest absolute Gasteiger partial charge is 0.0710 e. The second kappa shape index (κ2) is 5.07. The summed E-state index contributed by atoms with van der Waals surface area (Å²) in [6, 6.07) is 0. The molecule has 2 nitrogen and oxygen atoms in total. The maximum atomic E-state index is 6.36. The number of likely N-dealkylation sites (tertiary alicyclic amines) is 1. The van der Waals surface area contributed by atoms with Crippen molar-refractivity contribution in [2.45, 2.75) is 68.4 Å². The fourth-order valence-electron chi connectivity index (χ4n) is 3.78. The molecule has 0 radical (unpaired) electrons. The summed E-state index contributed by atoms with van der Waals surface area (Å²) >= 11 is 6.14. The molecule has 0 N–H and O–H groups in total. The third-order valence-corrected chi connectivity index (χ3v) is 5.27. The highest BCUT2D eigenvalue weighted by molar-refractivity contribution is 6.20. The van der Waals surface area contributed by atoms with Gasteiger partial charge in [0.25, 0.3) is 0 Å². The van der Waals surface area contributed by atoms with Gasteiger partial charge in [-0.05, 0) is 51.6 Å². The highest BCUT2D eigenvalue weighted by Crippen LogP contribution is 2.43. The van der Waals surface area contributed by atoms with Crippen LogP contribution in [0.4, 0.5) is 0 Å². The lowest BCUT2D eigenvalue weighted by Crippen LogP contribution is -2.40. The third kappa shape index (κ3) is 2.80. The first-order chi connectivity index (χ1) is 8.26. The van der Waals surface area contributed by atoms with Gasteiger partial charge in [-0.1, -0.05) is 12.8 Å². The maximum Gasteiger partial charge on any atom is 0.0710 e. The Labute approximate surface area is 110 Å². The molecule has 0 aromatic heterocycles. The van der Waals surface area contributed by atoms with Crippen LogP contribution in [0.3, 0.4) is 0 Å². The van der Waals surface area contributed by atoms with Crippen LogP contribution >= 0.6 is 11.6 Å². The van der Waals surface area contributed by atoms with Crippen LogP contribution in [0, 0.1) is 0 Å². The van der Waals surface area contributed by atoms with E-state index in [0.29, 0.717) is 17.1 Å². The molecular formula is C14H24ClNO. The lowest BCUT2D eigenvalue weighted by Gasteiger charge is -2.32. The fourth-order valence-corrected chi connectivity index (χ4v) is 3.98. The summed E-state index contributed by atoms with van der Waals surface area (Å²) in [5.74, 6) is 0. The minimum atomic E-state index is 0.301. The molecule has 2 heterocycles. The van der Waals surface area contributed by atoms with Crippen molar-refractivity contribution in [1.82, 2.24) is 4.90 Å². The van der Waals surface area contributed by atoms with Crippen molar-refractivity contribution in [3.63, 3.8) is 0 Å². The van der Waals surface area contributed by atoms with Gasteiger partial charge < -0.3 is 9.64 Å². The molecule has 0 amide bonds. The summed E-state index contributed by atoms with van der Waals surface area (Å²) in [6.07, 6.45) is 10.8. The van der Waals surface area contributed by atoms with E-state index in [2.05, 4.69) is 4.90 Å². The molecule has 1 unspecified atom stereocenters. The first kappa shape index (κ1) is 12.3. The highest BCUT2D eigenvalue weighted by atomic mass is 35.5. The van der Waals surface area contributed by atoms with E-state index in [4.69, 9.17) is 16.3 Å². The fraction of sp³-hybridized carbons (Fsp3) is 1.00. The first-order valence-electron chi connectivity index (χ1n) is 7.30. The Morgan fingerprint density at radius 3 is 2.47 bits per heavy atom. The van der Waals surface area contributed by atoms with E-state index in [0.717, 1.165) is 19.4 Å². The summed E-state index contributed by atoms with van der Waals surface area (Å²) in [7, 11) is 0. The zero-order chi connectivity index (χ0) is 11.7. The molecule has 2 saturated heterocycles. The van der Waals surface area contributed by atoms with E-state index in [1.165, 1.54) is 51.6 Å². The van der Waals surface area contributed by atoms with E-state index < -0.39 is 0 Å². The van der Waals surface area contributed by atoms with Gasteiger partial charge in [0.15, 0.2) is 0 Å². The van der Waals surface area contributed by atoms with Gasteiger partial charge in [-0.3, -0.25) is 0 Å². The van der Waals surface area contributed by atoms with Gasteiger partial charge in [0.05, 0.1) is 11.7 Å². The Morgan fingerprint density at radius 1 is 1.06 bits per heavy atom. The molecule has 3 aliphatic rings. The van der Waals surface area contributed by atoms with Gasteiger partial charge in [0, 0.05) is 11.9 Å². The van der Waals surface area contributed by atoms with Crippen LogP contribution in [0.5, 0.6) is 0 Å². The molecule has 0 bridgehead atoms. The van der Waals surface area contributed by atoms with Crippen LogP contribution in [-0.4, -0.2) is 41.6 Å². The van der Waals surface area contributed by atoms with Crippen molar-refractivity contribution in [3.05, 3.63) is 0 Å². The normalized spacial score (nSPS) is 34.8. The molecule has 2 aliphatic heterocycles. The SMILES string of the molecule is ClC1CCN(CC2CCC3(CCCC3)O2)CC1. The van der Waals surface area contributed by atoms with Crippen molar-refractivity contribution in [3.8, 4) is 0 Å². The van der Waals surface area contributed by atoms with Crippen LogP contribution in [0.15, 0.2) is 0 Å². The zero-order valence-electron chi connectivity index (χ0n) is 10.7. The van der Waals surface area contributed by atoms with Crippen molar-refractivity contribution < 1.29 is 4.74 Å². The minimum absolute atomic E-state index is 0.301. The van der Waals surface area contributed by atoms with Crippen LogP contribution in [0.2, 0.25) is 0 Å². The molecule has 3 rings (SSSR count). The summed E-state index contributed by atoms with van der Waals surface area (Å²) in [5.41, 5.74) is 0.301. The third-order valence-electron chi connectivity index (χ3n) is 4.83. The molecule has 0 aromatic carbocycles. The summed E-state index contributed by atoms with van der Waals surface area (Å²) < 4.78 is 6.36. The van der Waals surface area contributed by atoms with Crippen LogP contribution in [-0.2, 0) is 4.74 Å². The number of nitrogens with zero attached hydrogens (tertiary/aromatic N) is 1. The standard InChI is InChI=1S/C14H24ClNO/c15-12-4-9-16(10-5-12)11-13-3-8-14(17-13)6-1-2-7-14/h12-13H,1-11H2. The predicted octanol–water partition coefficient (Wildman–Crippen LogP) is 3.18. The van der Waals surface area contributed by atoms with Gasteiger partial charge in [-0.15, -0.1) is 11.6 Å². The van der Waals surface area contributed by atoms with Crippen molar-refractivity contribution in [2.75, 3.05) is 19.6 Å². The molecule has 0 aromatic rings. The first-order valence-corrected chi connectivity index (χ1v) is 7.74. The Balaban J connectivity index is 1.47. The number of ether oxygens (including phenoxy) is 1. The van der Waals surface area contributed by atoms with E-state index >= 15 is 0 Å². The lowest BCUT2D eigenvalue weighted by molar-refractivity contribution is -0.0485. The van der Waals surface area contributed by atoms with Gasteiger partial charge in [-0.25, -0.2) is 0 Å². The van der Waals surface area contributed by atoms with Crippen LogP contribution < -0.4 is 0 Å². The number of rotatable bonds is 2. The monoisotopic (exact) mass is 257 g/mol. The number of alkyl halides is 1. The van der Waals surface area contributed by atoms with E-state index in [1.807, 2.05) is 0 Å². The van der Waals surface area contributed by atoms with Gasteiger partial charge in [-0.2, -0.15) is 0 Å². The highest BCUT2D eigenvalue weighted by Gasteiger charge is 2.42. The Hall–Kier alpha value is 0.210. The van der Waals surface area contributed by atoms with E-state index in [-0.39, 0.29) is 0 Å². The van der Waals surface area contributed by atoms with Crippen molar-refractivity contribution >= 4 is 11.6 Å². The molecule has 17 heavy (non-hydrogen) atoms. The van der Waals surface area contributed by atoms with Crippen molar-refractivity contribution in [1.29, 1.82) is 0 Å². The van der Waals surface area contributed by atoms with E-state index in [9.17, 15) is 0 Å². The second-order valence-electron chi connectivity index (χ2n) is 6.14. The lowest BCUT2D eigenvalue weighted by atomic mass is 9.98. The largest absolute Gasteiger partial charge is 0.370 e. The quantitative estimate of drug-likeness (QED) is 0.705. The molecule has 3 fully saturated rings. The Morgan fingerprint density at radius 2 is 1.76 bits per heavy atom. The number of piperidine rings is 1. The maximum absolute atomic E-state index is 6.36. The Kier molecular flexibility index (Phi) is 3.65. The molecular weight excluding hydrogens is 234 g/mol. The van der Waals surface area contributed by atoms with Crippen molar-refractivity contribution in [2.24, 2.45) is 0 Å². The summed E-state index contributed by atoms with van der Waals surface area (Å²) in [4.78, 5) is 2.55. The average molecular weight is 258 g/mol. The molecule has 98 valence electrons. The molecule has 3 heteroatoms. The topological polar surface area (TPSA) is 12.5 Å². The summed E-state index contributed by atoms with van der Waals surface area (Å²) in [6.45, 7) is 3.48. The molecule has 1 aliphatic carbocycles. The van der Waals surface area contributed by atoms with Gasteiger partial charge in [0.1, 0.15) is 0 Å². The second-order valence-corrected chi connectivity index (χ2v) is 6.76. The number of hydrogen-bond acceptors (Lipinski definition) is 2. The van der Waals surface area contributed by atoms with Gasteiger partial charge in [0.2, 0.25) is 0 Å². The zero-order valence-corrected chi connectivity index (χ0v) is 11.4. The van der Waals surface area contributed by atoms with Gasteiger partial charge >= 0.3 is 0 Å². The number of halogens is 1. The van der Waals surface area contributed by atoms with Crippen LogP contribution in [0.1, 0.15) is 51.4 Å². The molecule has 1 atom stereocenters. The average Bonchev–Trinajstić information content (AvgIpc) is 2.94. The Bertz CT molecular complexity index is 257. The van der Waals surface area contributed by atoms with E-state index in [1.54, 1.807) is 0 Å².